The van der Waals surface area contributed by atoms with Gasteiger partial charge < -0.3 is 4.42 Å². The molecule has 0 N–H and O–H groups in total. The Labute approximate surface area is 209 Å². The first-order valence-corrected chi connectivity index (χ1v) is 13.1. The summed E-state index contributed by atoms with van der Waals surface area (Å²) in [7, 11) is 0. The number of hydrogen-bond donors (Lipinski definition) is 0. The molecule has 6 rings (SSSR count). The molecule has 2 heterocycles. The fourth-order valence-electron chi connectivity index (χ4n) is 5.92. The monoisotopic (exact) mass is 462 g/mol. The van der Waals surface area contributed by atoms with Crippen LogP contribution in [0.4, 0.5) is 0 Å². The van der Waals surface area contributed by atoms with Gasteiger partial charge in [0.15, 0.2) is 0 Å². The van der Waals surface area contributed by atoms with Crippen LogP contribution in [0.15, 0.2) is 65.2 Å². The Bertz CT molecular complexity index is 1600. The maximum Gasteiger partial charge on any atom is 0.144 e. The Morgan fingerprint density at radius 3 is 2.57 bits per heavy atom. The van der Waals surface area contributed by atoms with E-state index in [1.54, 1.807) is 0 Å². The van der Waals surface area contributed by atoms with Crippen LogP contribution in [0, 0.1) is 12.3 Å². The Morgan fingerprint density at radius 2 is 1.77 bits per heavy atom. The largest absolute Gasteiger partial charge is 0.455 e. The number of pyridine rings is 1. The molecule has 0 radical (unpaired) electrons. The second kappa shape index (κ2) is 8.52. The Balaban J connectivity index is 1.56. The molecule has 0 spiro atoms. The van der Waals surface area contributed by atoms with Crippen LogP contribution in [0.5, 0.6) is 0 Å². The summed E-state index contributed by atoms with van der Waals surface area (Å²) in [6, 6.07) is 19.6. The summed E-state index contributed by atoms with van der Waals surface area (Å²) >= 11 is 0. The molecule has 1 saturated carbocycles. The molecular weight excluding hydrogens is 426 g/mol. The number of rotatable bonds is 3. The van der Waals surface area contributed by atoms with Crippen LogP contribution in [-0.4, -0.2) is 4.98 Å². The molecule has 35 heavy (non-hydrogen) atoms. The van der Waals surface area contributed by atoms with E-state index in [1.165, 1.54) is 28.3 Å². The van der Waals surface area contributed by atoms with Crippen LogP contribution < -0.4 is 0 Å². The van der Waals surface area contributed by atoms with Crippen molar-refractivity contribution < 1.29 is 5.79 Å². The lowest BCUT2D eigenvalue weighted by Gasteiger charge is -2.22. The summed E-state index contributed by atoms with van der Waals surface area (Å²) in [6.45, 7) is 8.98. The van der Waals surface area contributed by atoms with Crippen molar-refractivity contribution in [2.75, 3.05) is 0 Å². The molecule has 5 aromatic rings. The lowest BCUT2D eigenvalue weighted by Crippen LogP contribution is -2.09. The number of fused-ring (bicyclic) bond motifs is 5. The second-order valence-corrected chi connectivity index (χ2v) is 11.6. The zero-order chi connectivity index (χ0) is 25.1. The molecule has 2 heteroatoms. The smallest absolute Gasteiger partial charge is 0.144 e. The molecule has 0 atom stereocenters. The summed E-state index contributed by atoms with van der Waals surface area (Å²) in [6.07, 6.45) is 8.32. The van der Waals surface area contributed by atoms with E-state index in [9.17, 15) is 1.37 Å². The molecule has 0 aliphatic heterocycles. The molecule has 0 unspecified atom stereocenters. The molecule has 1 aliphatic rings. The number of hydrogen-bond acceptors (Lipinski definition) is 2. The van der Waals surface area contributed by atoms with Gasteiger partial charge in [-0.3, -0.25) is 4.98 Å². The summed E-state index contributed by atoms with van der Waals surface area (Å²) < 4.78 is 15.9. The fraction of sp³-hybridized carbons (Fsp3) is 0.364. The molecule has 0 amide bonds. The highest BCUT2D eigenvalue weighted by molar-refractivity contribution is 6.18. The van der Waals surface area contributed by atoms with Crippen molar-refractivity contribution in [1.29, 1.82) is 0 Å². The maximum absolute atomic E-state index is 9.18. The van der Waals surface area contributed by atoms with Crippen LogP contribution in [0.1, 0.15) is 76.8 Å². The molecule has 3 aromatic carbocycles. The molecular formula is C33H35NO. The number of nitrogens with zero attached hydrogens (tertiary/aromatic N) is 1. The van der Waals surface area contributed by atoms with Crippen LogP contribution in [0.25, 0.3) is 44.0 Å². The quantitative estimate of drug-likeness (QED) is 0.267. The standard InChI is InChI=1S/C33H35NO/c1-21-17-25-14-13-24(23-9-6-5-7-10-23)19-28(25)32-30(21)27-12-8-11-26(31(27)35-32)29-18-22(15-16-34-29)20-33(2,3)4/h8,11-19,23H,5-7,9-10,20H2,1-4H3/i23D. The SMILES string of the molecule is [2H]C1(c2ccc3cc(C)c4c5cccc(-c6cc(CC(C)(C)C)ccn6)c5oc4c3c2)CCCCC1. The third-order valence-electron chi connectivity index (χ3n) is 7.48. The molecule has 1 aliphatic carbocycles. The predicted octanol–water partition coefficient (Wildman–Crippen LogP) is 9.75. The van der Waals surface area contributed by atoms with Gasteiger partial charge in [0.25, 0.3) is 0 Å². The maximum atomic E-state index is 9.18. The van der Waals surface area contributed by atoms with Gasteiger partial charge in [0.1, 0.15) is 11.2 Å². The zero-order valence-electron chi connectivity index (χ0n) is 22.4. The van der Waals surface area contributed by atoms with Gasteiger partial charge >= 0.3 is 0 Å². The summed E-state index contributed by atoms with van der Waals surface area (Å²) in [4.78, 5) is 4.74. The van der Waals surface area contributed by atoms with E-state index in [0.717, 1.165) is 70.9 Å². The van der Waals surface area contributed by atoms with Gasteiger partial charge in [0.2, 0.25) is 0 Å². The third-order valence-corrected chi connectivity index (χ3v) is 7.48. The highest BCUT2D eigenvalue weighted by atomic mass is 16.3. The van der Waals surface area contributed by atoms with Crippen LogP contribution in [-0.2, 0) is 6.42 Å². The topological polar surface area (TPSA) is 26.0 Å². The second-order valence-electron chi connectivity index (χ2n) is 11.6. The highest BCUT2D eigenvalue weighted by Gasteiger charge is 2.20. The summed E-state index contributed by atoms with van der Waals surface area (Å²) in [5.41, 5.74) is 7.66. The van der Waals surface area contributed by atoms with Gasteiger partial charge in [-0.25, -0.2) is 0 Å². The Morgan fingerprint density at radius 1 is 0.943 bits per heavy atom. The summed E-state index contributed by atoms with van der Waals surface area (Å²) in [5.74, 6) is -0.488. The van der Waals surface area contributed by atoms with Crippen LogP contribution in [0.3, 0.4) is 0 Å². The molecule has 178 valence electrons. The fourth-order valence-corrected chi connectivity index (χ4v) is 5.92. The number of benzene rings is 3. The van der Waals surface area contributed by atoms with Gasteiger partial charge in [0.05, 0.1) is 5.69 Å². The zero-order valence-corrected chi connectivity index (χ0v) is 21.4. The van der Waals surface area contributed by atoms with Gasteiger partial charge in [-0.1, -0.05) is 70.4 Å². The first kappa shape index (κ1) is 21.2. The van der Waals surface area contributed by atoms with E-state index in [1.807, 2.05) is 6.20 Å². The van der Waals surface area contributed by atoms with Gasteiger partial charge in [-0.05, 0) is 83.8 Å². The van der Waals surface area contributed by atoms with E-state index in [4.69, 9.17) is 9.40 Å². The minimum atomic E-state index is -0.488. The van der Waals surface area contributed by atoms with Crippen molar-refractivity contribution in [2.24, 2.45) is 5.41 Å². The van der Waals surface area contributed by atoms with Crippen molar-refractivity contribution in [2.45, 2.75) is 72.1 Å². The van der Waals surface area contributed by atoms with Crippen molar-refractivity contribution in [3.63, 3.8) is 0 Å². The number of aromatic nitrogens is 1. The van der Waals surface area contributed by atoms with E-state index >= 15 is 0 Å². The minimum Gasteiger partial charge on any atom is -0.455 e. The van der Waals surface area contributed by atoms with E-state index in [2.05, 4.69) is 82.3 Å². The lowest BCUT2D eigenvalue weighted by atomic mass is 9.83. The highest BCUT2D eigenvalue weighted by Crippen LogP contribution is 2.42. The van der Waals surface area contributed by atoms with Crippen molar-refractivity contribution >= 4 is 32.7 Å². The molecule has 2 nitrogen and oxygen atoms in total. The Kier molecular flexibility index (Phi) is 5.15. The van der Waals surface area contributed by atoms with Crippen molar-refractivity contribution in [1.82, 2.24) is 4.98 Å². The van der Waals surface area contributed by atoms with Crippen molar-refractivity contribution in [3.05, 3.63) is 77.5 Å². The molecule has 2 aromatic heterocycles. The molecule has 0 bridgehead atoms. The first-order chi connectivity index (χ1) is 17.2. The summed E-state index contributed by atoms with van der Waals surface area (Å²) in [5, 5.41) is 4.59. The van der Waals surface area contributed by atoms with E-state index in [0.29, 0.717) is 0 Å². The molecule has 1 fully saturated rings. The normalized spacial score (nSPS) is 16.7. The number of para-hydroxylation sites is 1. The van der Waals surface area contributed by atoms with Gasteiger partial charge in [-0.15, -0.1) is 0 Å². The van der Waals surface area contributed by atoms with Crippen molar-refractivity contribution in [3.8, 4) is 11.3 Å². The van der Waals surface area contributed by atoms with E-state index < -0.39 is 5.89 Å². The first-order valence-electron chi connectivity index (χ1n) is 13.6. The number of aryl methyl sites for hydroxylation is 1. The Hall–Kier alpha value is -3.13. The molecule has 0 saturated heterocycles. The predicted molar refractivity (Wildman–Crippen MR) is 148 cm³/mol. The average molecular weight is 463 g/mol. The van der Waals surface area contributed by atoms with Crippen LogP contribution >= 0.6 is 0 Å². The van der Waals surface area contributed by atoms with Gasteiger partial charge in [-0.2, -0.15) is 0 Å². The third kappa shape index (κ3) is 4.14. The van der Waals surface area contributed by atoms with E-state index in [-0.39, 0.29) is 5.41 Å². The lowest BCUT2D eigenvalue weighted by molar-refractivity contribution is 0.411. The van der Waals surface area contributed by atoms with Crippen LogP contribution in [0.2, 0.25) is 0 Å². The average Bonchev–Trinajstić information content (AvgIpc) is 3.24. The number of furan rings is 1. The minimum absolute atomic E-state index is 0.214. The van der Waals surface area contributed by atoms with Gasteiger partial charge in [0, 0.05) is 29.3 Å².